The third-order valence-electron chi connectivity index (χ3n) is 6.80. The smallest absolute Gasteiger partial charge is 0.257 e. The molecule has 0 aliphatic carbocycles. The molecule has 30 heavy (non-hydrogen) atoms. The van der Waals surface area contributed by atoms with Gasteiger partial charge in [0.05, 0.1) is 12.0 Å². The lowest BCUT2D eigenvalue weighted by atomic mass is 9.82. The van der Waals surface area contributed by atoms with E-state index in [1.54, 1.807) is 0 Å². The number of carbonyl (C=O) groups excluding carboxylic acids is 2. The summed E-state index contributed by atoms with van der Waals surface area (Å²) in [5.74, 6) is -0.555. The summed E-state index contributed by atoms with van der Waals surface area (Å²) in [6.45, 7) is 3.55. The molecule has 0 saturated carbocycles. The Morgan fingerprint density at radius 2 is 1.77 bits per heavy atom. The van der Waals surface area contributed by atoms with Gasteiger partial charge in [-0.25, -0.2) is 0 Å². The van der Waals surface area contributed by atoms with Crippen molar-refractivity contribution < 1.29 is 9.59 Å². The van der Waals surface area contributed by atoms with Gasteiger partial charge < -0.3 is 4.90 Å². The Morgan fingerprint density at radius 3 is 2.63 bits per heavy atom. The molecule has 0 N–H and O–H groups in total. The summed E-state index contributed by atoms with van der Waals surface area (Å²) in [5.41, 5.74) is 5.29. The second kappa shape index (κ2) is 7.75. The summed E-state index contributed by atoms with van der Waals surface area (Å²) in [6.07, 6.45) is 7.14. The highest BCUT2D eigenvalue weighted by molar-refractivity contribution is 6.18. The Balaban J connectivity index is 1.60. The molecule has 2 amide bonds. The topological polar surface area (TPSA) is 40.6 Å². The van der Waals surface area contributed by atoms with Crippen molar-refractivity contribution in [2.24, 2.45) is 5.92 Å². The molecule has 5 rings (SSSR count). The molecule has 1 fully saturated rings. The van der Waals surface area contributed by atoms with E-state index in [4.69, 9.17) is 0 Å². The lowest BCUT2D eigenvalue weighted by molar-refractivity contribution is -0.139. The number of amides is 2. The van der Waals surface area contributed by atoms with Crippen LogP contribution in [0.3, 0.4) is 0 Å². The number of imide groups is 1. The van der Waals surface area contributed by atoms with E-state index in [0.717, 1.165) is 49.9 Å². The highest BCUT2D eigenvalue weighted by Gasteiger charge is 2.51. The Kier molecular flexibility index (Phi) is 4.93. The summed E-state index contributed by atoms with van der Waals surface area (Å²) < 4.78 is 0. The van der Waals surface area contributed by atoms with Crippen LogP contribution in [-0.2, 0) is 16.0 Å². The van der Waals surface area contributed by atoms with Crippen LogP contribution in [0.15, 0.2) is 54.1 Å². The summed E-state index contributed by atoms with van der Waals surface area (Å²) in [4.78, 5) is 30.9. The number of para-hydroxylation sites is 1. The minimum Gasteiger partial charge on any atom is -0.363 e. The minimum absolute atomic E-state index is 0.0257. The van der Waals surface area contributed by atoms with E-state index in [0.29, 0.717) is 12.1 Å². The highest BCUT2D eigenvalue weighted by atomic mass is 16.2. The van der Waals surface area contributed by atoms with Gasteiger partial charge in [0.25, 0.3) is 5.91 Å². The van der Waals surface area contributed by atoms with Crippen LogP contribution in [0, 0.1) is 5.92 Å². The largest absolute Gasteiger partial charge is 0.363 e. The third-order valence-corrected chi connectivity index (χ3v) is 6.80. The number of carbonyl (C=O) groups is 2. The first-order valence-electron chi connectivity index (χ1n) is 11.2. The SMILES string of the molecule is CCCCCCN1C(=O)C2=Cc3ccccc3N3CCc4ccccc4C3C2C1=O. The van der Waals surface area contributed by atoms with Crippen molar-refractivity contribution in [3.63, 3.8) is 0 Å². The fraction of sp³-hybridized carbons (Fsp3) is 0.385. The number of hydrogen-bond acceptors (Lipinski definition) is 3. The summed E-state index contributed by atoms with van der Waals surface area (Å²) >= 11 is 0. The lowest BCUT2D eigenvalue weighted by Gasteiger charge is -2.41. The van der Waals surface area contributed by atoms with Crippen LogP contribution < -0.4 is 4.90 Å². The second-order valence-corrected chi connectivity index (χ2v) is 8.58. The number of fused-ring (bicyclic) bond motifs is 7. The van der Waals surface area contributed by atoms with Gasteiger partial charge in [-0.15, -0.1) is 0 Å². The minimum atomic E-state index is -0.433. The zero-order chi connectivity index (χ0) is 20.7. The number of likely N-dealkylation sites (tertiary alicyclic amines) is 1. The molecule has 0 spiro atoms. The molecule has 4 heteroatoms. The second-order valence-electron chi connectivity index (χ2n) is 8.58. The van der Waals surface area contributed by atoms with Crippen LogP contribution >= 0.6 is 0 Å². The molecule has 4 nitrogen and oxygen atoms in total. The summed E-state index contributed by atoms with van der Waals surface area (Å²) in [5, 5.41) is 0. The zero-order valence-electron chi connectivity index (χ0n) is 17.5. The van der Waals surface area contributed by atoms with Crippen molar-refractivity contribution in [2.45, 2.75) is 45.1 Å². The van der Waals surface area contributed by atoms with Gasteiger partial charge in [0.15, 0.2) is 0 Å². The number of rotatable bonds is 5. The van der Waals surface area contributed by atoms with Gasteiger partial charge in [-0.2, -0.15) is 0 Å². The molecule has 3 heterocycles. The van der Waals surface area contributed by atoms with Crippen LogP contribution in [0.4, 0.5) is 5.69 Å². The number of nitrogens with zero attached hydrogens (tertiary/aromatic N) is 2. The Bertz CT molecular complexity index is 1030. The molecule has 2 unspecified atom stereocenters. The molecular formula is C26H28N2O2. The van der Waals surface area contributed by atoms with Crippen LogP contribution in [0.1, 0.15) is 55.3 Å². The standard InChI is InChI=1S/C26H28N2O2/c1-2-3-4-9-15-28-25(29)21-17-19-11-6-8-13-22(19)27-16-14-18-10-5-7-12-20(18)24(27)23(21)26(28)30/h5-8,10-13,17,23-24H,2-4,9,14-16H2,1H3. The number of anilines is 1. The van der Waals surface area contributed by atoms with Crippen molar-refractivity contribution in [1.82, 2.24) is 4.90 Å². The monoisotopic (exact) mass is 400 g/mol. The van der Waals surface area contributed by atoms with E-state index in [9.17, 15) is 9.59 Å². The third kappa shape index (κ3) is 2.97. The first kappa shape index (κ1) is 19.1. The highest BCUT2D eigenvalue weighted by Crippen LogP contribution is 2.48. The van der Waals surface area contributed by atoms with E-state index in [1.165, 1.54) is 16.0 Å². The van der Waals surface area contributed by atoms with E-state index in [-0.39, 0.29) is 17.9 Å². The van der Waals surface area contributed by atoms with Crippen LogP contribution in [0.2, 0.25) is 0 Å². The Hall–Kier alpha value is -2.88. The zero-order valence-corrected chi connectivity index (χ0v) is 17.5. The average Bonchev–Trinajstić information content (AvgIpc) is 2.92. The Morgan fingerprint density at radius 1 is 0.967 bits per heavy atom. The first-order chi connectivity index (χ1) is 14.7. The maximum atomic E-state index is 13.6. The fourth-order valence-corrected chi connectivity index (χ4v) is 5.32. The number of unbranched alkanes of at least 4 members (excludes halogenated alkanes) is 3. The van der Waals surface area contributed by atoms with E-state index >= 15 is 0 Å². The molecule has 2 aromatic carbocycles. The van der Waals surface area contributed by atoms with Gasteiger partial charge in [-0.3, -0.25) is 14.5 Å². The van der Waals surface area contributed by atoms with Crippen LogP contribution in [0.5, 0.6) is 0 Å². The van der Waals surface area contributed by atoms with Gasteiger partial charge in [-0.05, 0) is 41.7 Å². The molecule has 0 bridgehead atoms. The van der Waals surface area contributed by atoms with Crippen LogP contribution in [0.25, 0.3) is 6.08 Å². The lowest BCUT2D eigenvalue weighted by Crippen LogP contribution is -2.42. The molecule has 154 valence electrons. The maximum Gasteiger partial charge on any atom is 0.257 e. The molecule has 3 aliphatic heterocycles. The van der Waals surface area contributed by atoms with E-state index in [1.807, 2.05) is 24.3 Å². The predicted molar refractivity (Wildman–Crippen MR) is 119 cm³/mol. The van der Waals surface area contributed by atoms with Crippen LogP contribution in [-0.4, -0.2) is 29.8 Å². The number of benzene rings is 2. The normalized spacial score (nSPS) is 22.1. The van der Waals surface area contributed by atoms with Crippen molar-refractivity contribution >= 4 is 23.6 Å². The molecule has 0 aromatic heterocycles. The summed E-state index contributed by atoms with van der Waals surface area (Å²) in [6, 6.07) is 16.5. The van der Waals surface area contributed by atoms with E-state index < -0.39 is 5.92 Å². The number of hydrogen-bond donors (Lipinski definition) is 0. The average molecular weight is 401 g/mol. The maximum absolute atomic E-state index is 13.6. The van der Waals surface area contributed by atoms with Gasteiger partial charge >= 0.3 is 0 Å². The van der Waals surface area contributed by atoms with Gasteiger partial charge in [0.2, 0.25) is 5.91 Å². The van der Waals surface area contributed by atoms with Crippen molar-refractivity contribution in [1.29, 1.82) is 0 Å². The molecular weight excluding hydrogens is 372 g/mol. The van der Waals surface area contributed by atoms with Gasteiger partial charge in [0.1, 0.15) is 0 Å². The molecule has 3 aliphatic rings. The predicted octanol–water partition coefficient (Wildman–Crippen LogP) is 4.75. The first-order valence-corrected chi connectivity index (χ1v) is 11.2. The molecule has 2 atom stereocenters. The van der Waals surface area contributed by atoms with Crippen molar-refractivity contribution in [3.8, 4) is 0 Å². The quantitative estimate of drug-likeness (QED) is 0.537. The van der Waals surface area contributed by atoms with Gasteiger partial charge in [0, 0.05) is 24.4 Å². The Labute approximate surface area is 178 Å². The molecule has 2 aromatic rings. The van der Waals surface area contributed by atoms with Crippen molar-refractivity contribution in [2.75, 3.05) is 18.0 Å². The summed E-state index contributed by atoms with van der Waals surface area (Å²) in [7, 11) is 0. The molecule has 0 radical (unpaired) electrons. The van der Waals surface area contributed by atoms with Crippen molar-refractivity contribution in [3.05, 3.63) is 70.8 Å². The molecule has 1 saturated heterocycles. The van der Waals surface area contributed by atoms with E-state index in [2.05, 4.69) is 42.2 Å². The fourth-order valence-electron chi connectivity index (χ4n) is 5.32. The van der Waals surface area contributed by atoms with Gasteiger partial charge in [-0.1, -0.05) is 68.7 Å².